The Labute approximate surface area is 250 Å². The molecule has 206 valence electrons. The Morgan fingerprint density at radius 3 is 1.28 bits per heavy atom. The highest BCUT2D eigenvalue weighted by atomic mass is 16.5. The predicted octanol–water partition coefficient (Wildman–Crippen LogP) is 10.2. The minimum absolute atomic E-state index is 0.498. The zero-order valence-corrected chi connectivity index (χ0v) is 23.8. The Morgan fingerprint density at radius 1 is 0.465 bits per heavy atom. The van der Waals surface area contributed by atoms with Gasteiger partial charge in [-0.3, -0.25) is 0 Å². The fourth-order valence-electron chi connectivity index (χ4n) is 6.44. The van der Waals surface area contributed by atoms with Crippen molar-refractivity contribution in [1.82, 2.24) is 9.13 Å². The number of para-hydroxylation sites is 4. The van der Waals surface area contributed by atoms with Crippen LogP contribution in [-0.2, 0) is 18.0 Å². The average molecular weight is 555 g/mol. The maximum Gasteiger partial charge on any atom is 0.0722 e. The summed E-state index contributed by atoms with van der Waals surface area (Å²) in [5.74, 6) is 0. The summed E-state index contributed by atoms with van der Waals surface area (Å²) in [4.78, 5) is 0. The Morgan fingerprint density at radius 2 is 0.860 bits per heavy atom. The largest absolute Gasteiger partial charge is 0.372 e. The summed E-state index contributed by atoms with van der Waals surface area (Å²) in [5.41, 5.74) is 10.4. The van der Waals surface area contributed by atoms with Gasteiger partial charge in [-0.05, 0) is 59.2 Å². The van der Waals surface area contributed by atoms with Crippen LogP contribution in [0.15, 0.2) is 146 Å². The van der Waals surface area contributed by atoms with E-state index in [1.165, 1.54) is 43.6 Å². The van der Waals surface area contributed by atoms with Crippen molar-refractivity contribution in [2.75, 3.05) is 0 Å². The lowest BCUT2D eigenvalue weighted by Crippen LogP contribution is -2.02. The summed E-state index contributed by atoms with van der Waals surface area (Å²) >= 11 is 0. The second-order valence-corrected chi connectivity index (χ2v) is 11.0. The number of ether oxygens (including phenoxy) is 1. The number of benzene rings is 6. The molecule has 0 aliphatic carbocycles. The zero-order valence-electron chi connectivity index (χ0n) is 23.8. The highest BCUT2D eigenvalue weighted by molar-refractivity contribution is 6.10. The van der Waals surface area contributed by atoms with Crippen LogP contribution in [0.25, 0.3) is 61.1 Å². The average Bonchev–Trinajstić information content (AvgIpc) is 3.58. The van der Waals surface area contributed by atoms with Gasteiger partial charge in [0.1, 0.15) is 0 Å². The van der Waals surface area contributed by atoms with Crippen LogP contribution in [0.5, 0.6) is 0 Å². The first-order valence-electron chi connectivity index (χ1n) is 14.7. The summed E-state index contributed by atoms with van der Waals surface area (Å²) in [7, 11) is 0. The van der Waals surface area contributed by atoms with Gasteiger partial charge in [-0.2, -0.15) is 0 Å². The summed E-state index contributed by atoms with van der Waals surface area (Å²) in [6.45, 7) is 4.90. The minimum atomic E-state index is 0.498. The Bertz CT molecular complexity index is 2050. The monoisotopic (exact) mass is 554 g/mol. The molecular weight excluding hydrogens is 524 g/mol. The normalized spacial score (nSPS) is 11.6. The van der Waals surface area contributed by atoms with Crippen molar-refractivity contribution in [3.63, 3.8) is 0 Å². The van der Waals surface area contributed by atoms with Crippen molar-refractivity contribution in [2.24, 2.45) is 0 Å². The van der Waals surface area contributed by atoms with Crippen LogP contribution in [-0.4, -0.2) is 9.13 Å². The fourth-order valence-corrected chi connectivity index (χ4v) is 6.44. The quantitative estimate of drug-likeness (QED) is 0.192. The molecule has 0 saturated heterocycles. The number of rotatable bonds is 7. The molecule has 3 nitrogen and oxygen atoms in total. The molecule has 8 rings (SSSR count). The van der Waals surface area contributed by atoms with Crippen LogP contribution < -0.4 is 0 Å². The Hall–Kier alpha value is -5.38. The maximum absolute atomic E-state index is 6.33. The number of hydrogen-bond acceptors (Lipinski definition) is 1. The standard InChI is InChI=1S/C40H30N2O/c1-2-28-19-21-29(22-20-28)26-43-27-30-23-31(41-37-15-7-3-11-33(37)34-12-4-8-16-38(34)41)25-32(24-30)42-39-17-9-5-13-35(39)36-14-6-10-18-40(36)42/h2-25H,1,26-27H2. The van der Waals surface area contributed by atoms with Gasteiger partial charge in [0.25, 0.3) is 0 Å². The minimum Gasteiger partial charge on any atom is -0.372 e. The van der Waals surface area contributed by atoms with Gasteiger partial charge in [0.15, 0.2) is 0 Å². The molecule has 0 amide bonds. The van der Waals surface area contributed by atoms with E-state index in [0.29, 0.717) is 13.2 Å². The number of nitrogens with zero attached hydrogens (tertiary/aromatic N) is 2. The second-order valence-electron chi connectivity index (χ2n) is 11.0. The molecule has 2 aromatic heterocycles. The smallest absolute Gasteiger partial charge is 0.0722 e. The van der Waals surface area contributed by atoms with Crippen LogP contribution in [0.2, 0.25) is 0 Å². The van der Waals surface area contributed by atoms with E-state index in [2.05, 4.69) is 155 Å². The molecule has 0 N–H and O–H groups in total. The van der Waals surface area contributed by atoms with Crippen LogP contribution in [0.1, 0.15) is 16.7 Å². The molecule has 3 heteroatoms. The van der Waals surface area contributed by atoms with E-state index in [9.17, 15) is 0 Å². The molecule has 0 saturated carbocycles. The van der Waals surface area contributed by atoms with Gasteiger partial charge in [-0.15, -0.1) is 0 Å². The van der Waals surface area contributed by atoms with Gasteiger partial charge in [-0.25, -0.2) is 0 Å². The predicted molar refractivity (Wildman–Crippen MR) is 180 cm³/mol. The Balaban J connectivity index is 1.31. The van der Waals surface area contributed by atoms with E-state index in [-0.39, 0.29) is 0 Å². The van der Waals surface area contributed by atoms with Gasteiger partial charge < -0.3 is 13.9 Å². The summed E-state index contributed by atoms with van der Waals surface area (Å²) in [6.07, 6.45) is 1.86. The molecule has 0 unspecified atom stereocenters. The number of aromatic nitrogens is 2. The topological polar surface area (TPSA) is 19.1 Å². The Kier molecular flexibility index (Phi) is 6.17. The van der Waals surface area contributed by atoms with Crippen LogP contribution in [0.4, 0.5) is 0 Å². The van der Waals surface area contributed by atoms with E-state index in [0.717, 1.165) is 28.1 Å². The van der Waals surface area contributed by atoms with Crippen LogP contribution >= 0.6 is 0 Å². The van der Waals surface area contributed by atoms with Gasteiger partial charge in [0.05, 0.1) is 35.3 Å². The van der Waals surface area contributed by atoms with Crippen LogP contribution in [0, 0.1) is 0 Å². The molecule has 0 aliphatic heterocycles. The lowest BCUT2D eigenvalue weighted by atomic mass is 10.1. The first-order valence-corrected chi connectivity index (χ1v) is 14.7. The van der Waals surface area contributed by atoms with Crippen molar-refractivity contribution in [3.05, 3.63) is 163 Å². The third-order valence-corrected chi connectivity index (χ3v) is 8.39. The van der Waals surface area contributed by atoms with Crippen molar-refractivity contribution >= 4 is 49.7 Å². The van der Waals surface area contributed by atoms with E-state index >= 15 is 0 Å². The number of fused-ring (bicyclic) bond motifs is 6. The van der Waals surface area contributed by atoms with Gasteiger partial charge in [0, 0.05) is 32.9 Å². The van der Waals surface area contributed by atoms with Crippen molar-refractivity contribution < 1.29 is 4.74 Å². The molecule has 2 heterocycles. The van der Waals surface area contributed by atoms with Crippen molar-refractivity contribution in [1.29, 1.82) is 0 Å². The van der Waals surface area contributed by atoms with Gasteiger partial charge >= 0.3 is 0 Å². The zero-order chi connectivity index (χ0) is 28.8. The first-order chi connectivity index (χ1) is 21.3. The van der Waals surface area contributed by atoms with Gasteiger partial charge in [0.2, 0.25) is 0 Å². The molecule has 0 aliphatic rings. The SMILES string of the molecule is C=Cc1ccc(COCc2cc(-n3c4ccccc4c4ccccc43)cc(-n3c4ccccc4c4ccccc43)c2)cc1. The molecule has 43 heavy (non-hydrogen) atoms. The molecule has 6 aromatic carbocycles. The summed E-state index contributed by atoms with van der Waals surface area (Å²) in [6, 6.07) is 49.9. The van der Waals surface area contributed by atoms with Crippen LogP contribution in [0.3, 0.4) is 0 Å². The molecule has 8 aromatic rings. The van der Waals surface area contributed by atoms with E-state index in [1.807, 2.05) is 6.08 Å². The lowest BCUT2D eigenvalue weighted by molar-refractivity contribution is 0.107. The molecule has 0 radical (unpaired) electrons. The summed E-state index contributed by atoms with van der Waals surface area (Å²) < 4.78 is 11.1. The van der Waals surface area contributed by atoms with Crippen molar-refractivity contribution in [2.45, 2.75) is 13.2 Å². The van der Waals surface area contributed by atoms with E-state index in [1.54, 1.807) is 0 Å². The maximum atomic E-state index is 6.33. The molecule has 0 bridgehead atoms. The fraction of sp³-hybridized carbons (Fsp3) is 0.0500. The third kappa shape index (κ3) is 4.34. The highest BCUT2D eigenvalue weighted by Crippen LogP contribution is 2.36. The van der Waals surface area contributed by atoms with E-state index in [4.69, 9.17) is 4.74 Å². The molecule has 0 spiro atoms. The number of hydrogen-bond donors (Lipinski definition) is 0. The lowest BCUT2D eigenvalue weighted by Gasteiger charge is -2.16. The summed E-state index contributed by atoms with van der Waals surface area (Å²) in [5, 5.41) is 5.00. The second kappa shape index (κ2) is 10.5. The molecular formula is C40H30N2O. The third-order valence-electron chi connectivity index (χ3n) is 8.39. The molecule has 0 atom stereocenters. The first kappa shape index (κ1) is 25.3. The van der Waals surface area contributed by atoms with Crippen molar-refractivity contribution in [3.8, 4) is 11.4 Å². The van der Waals surface area contributed by atoms with Gasteiger partial charge in [-0.1, -0.05) is 110 Å². The highest BCUT2D eigenvalue weighted by Gasteiger charge is 2.16. The molecule has 0 fully saturated rings. The van der Waals surface area contributed by atoms with E-state index < -0.39 is 0 Å².